The highest BCUT2D eigenvalue weighted by Gasteiger charge is 2.07. The van der Waals surface area contributed by atoms with E-state index in [1.54, 1.807) is 0 Å². The monoisotopic (exact) mass is 398 g/mol. The van der Waals surface area contributed by atoms with Crippen molar-refractivity contribution in [1.82, 2.24) is 0 Å². The van der Waals surface area contributed by atoms with Crippen LogP contribution in [-0.2, 0) is 9.53 Å². The van der Waals surface area contributed by atoms with Gasteiger partial charge in [0.25, 0.3) is 0 Å². The fraction of sp³-hybridized carbons (Fsp3) is 0.375. The summed E-state index contributed by atoms with van der Waals surface area (Å²) in [5.74, 6) is 0.370. The van der Waals surface area contributed by atoms with E-state index >= 15 is 0 Å². The van der Waals surface area contributed by atoms with Gasteiger partial charge < -0.3 is 19.3 Å². The van der Waals surface area contributed by atoms with Crippen LogP contribution in [0.4, 0.5) is 0 Å². The van der Waals surface area contributed by atoms with Gasteiger partial charge in [-0.05, 0) is 48.2 Å². The van der Waals surface area contributed by atoms with E-state index in [-0.39, 0.29) is 6.61 Å². The third-order valence-electron chi connectivity index (χ3n) is 4.22. The first-order valence-corrected chi connectivity index (χ1v) is 10.1. The molecule has 0 aliphatic carbocycles. The topological polar surface area (TPSA) is 65.0 Å². The van der Waals surface area contributed by atoms with Gasteiger partial charge in [-0.3, -0.25) is 0 Å². The second-order valence-electron chi connectivity index (χ2n) is 6.58. The zero-order chi connectivity index (χ0) is 20.9. The number of carboxylic acid groups (broad SMARTS) is 1. The van der Waals surface area contributed by atoms with Crippen molar-refractivity contribution in [3.05, 3.63) is 54.1 Å². The van der Waals surface area contributed by atoms with Crippen LogP contribution in [0.15, 0.2) is 48.5 Å². The summed E-state index contributed by atoms with van der Waals surface area (Å²) in [5, 5.41) is 8.85. The summed E-state index contributed by atoms with van der Waals surface area (Å²) in [7, 11) is 0. The first-order valence-electron chi connectivity index (χ1n) is 10.1. The van der Waals surface area contributed by atoms with E-state index in [2.05, 4.69) is 6.92 Å². The van der Waals surface area contributed by atoms with E-state index in [1.807, 2.05) is 61.5 Å². The molecule has 0 spiro atoms. The zero-order valence-corrected chi connectivity index (χ0v) is 17.2. The molecule has 0 fully saturated rings. The third kappa shape index (κ3) is 8.00. The SMILES string of the molecule is CC/C=C/c1cc(-c2ccc(OCCOCCCC)cc2)ccc1OCC(=O)O. The molecule has 0 aromatic heterocycles. The standard InChI is InChI=1S/C24H30O5/c1-3-5-7-21-17-20(10-13-23(21)29-18-24(25)26)19-8-11-22(12-9-19)28-16-15-27-14-6-4-2/h5,7-13,17H,3-4,6,14-16,18H2,1-2H3,(H,25,26)/b7-5+. The van der Waals surface area contributed by atoms with Crippen molar-refractivity contribution in [3.63, 3.8) is 0 Å². The second kappa shape index (κ2) is 12.6. The lowest BCUT2D eigenvalue weighted by molar-refractivity contribution is -0.139. The molecule has 2 aromatic rings. The summed E-state index contributed by atoms with van der Waals surface area (Å²) in [6.07, 6.45) is 7.06. The van der Waals surface area contributed by atoms with E-state index in [9.17, 15) is 4.79 Å². The molecule has 0 radical (unpaired) electrons. The summed E-state index contributed by atoms with van der Waals surface area (Å²) < 4.78 is 16.6. The van der Waals surface area contributed by atoms with Crippen molar-refractivity contribution >= 4 is 12.0 Å². The van der Waals surface area contributed by atoms with Gasteiger partial charge in [-0.15, -0.1) is 0 Å². The average molecular weight is 398 g/mol. The number of carbonyl (C=O) groups is 1. The van der Waals surface area contributed by atoms with Crippen LogP contribution in [0.3, 0.4) is 0 Å². The molecular weight excluding hydrogens is 368 g/mol. The minimum absolute atomic E-state index is 0.361. The molecule has 5 heteroatoms. The summed E-state index contributed by atoms with van der Waals surface area (Å²) in [6.45, 7) is 5.73. The number of carboxylic acids is 1. The van der Waals surface area contributed by atoms with Crippen molar-refractivity contribution in [2.24, 2.45) is 0 Å². The van der Waals surface area contributed by atoms with Gasteiger partial charge in [-0.2, -0.15) is 0 Å². The molecule has 0 bridgehead atoms. The van der Waals surface area contributed by atoms with Crippen LogP contribution < -0.4 is 9.47 Å². The third-order valence-corrected chi connectivity index (χ3v) is 4.22. The van der Waals surface area contributed by atoms with E-state index in [4.69, 9.17) is 19.3 Å². The zero-order valence-electron chi connectivity index (χ0n) is 17.2. The fourth-order valence-corrected chi connectivity index (χ4v) is 2.68. The van der Waals surface area contributed by atoms with Crippen molar-refractivity contribution in [1.29, 1.82) is 0 Å². The Labute approximate surface area is 172 Å². The van der Waals surface area contributed by atoms with Crippen molar-refractivity contribution in [2.75, 3.05) is 26.4 Å². The first-order chi connectivity index (χ1) is 14.1. The Kier molecular flexibility index (Phi) is 9.80. The molecule has 5 nitrogen and oxygen atoms in total. The fourth-order valence-electron chi connectivity index (χ4n) is 2.68. The van der Waals surface area contributed by atoms with Crippen molar-refractivity contribution in [3.8, 4) is 22.6 Å². The molecule has 29 heavy (non-hydrogen) atoms. The maximum absolute atomic E-state index is 10.8. The van der Waals surface area contributed by atoms with Crippen LogP contribution >= 0.6 is 0 Å². The Balaban J connectivity index is 2.03. The second-order valence-corrected chi connectivity index (χ2v) is 6.58. The van der Waals surface area contributed by atoms with Crippen LogP contribution in [0.2, 0.25) is 0 Å². The molecule has 0 saturated carbocycles. The molecule has 0 amide bonds. The number of unbranched alkanes of at least 4 members (excludes halogenated alkanes) is 1. The lowest BCUT2D eigenvalue weighted by Gasteiger charge is -2.11. The molecule has 0 aliphatic heterocycles. The van der Waals surface area contributed by atoms with Gasteiger partial charge in [0.1, 0.15) is 18.1 Å². The van der Waals surface area contributed by atoms with E-state index in [1.165, 1.54) is 0 Å². The lowest BCUT2D eigenvalue weighted by Crippen LogP contribution is -2.10. The maximum atomic E-state index is 10.8. The Bertz CT molecular complexity index is 780. The number of hydrogen-bond acceptors (Lipinski definition) is 4. The predicted molar refractivity (Wildman–Crippen MR) is 116 cm³/mol. The molecule has 2 aromatic carbocycles. The van der Waals surface area contributed by atoms with Gasteiger partial charge in [0.15, 0.2) is 6.61 Å². The minimum atomic E-state index is -0.995. The highest BCUT2D eigenvalue weighted by atomic mass is 16.5. The molecule has 1 N–H and O–H groups in total. The van der Waals surface area contributed by atoms with Gasteiger partial charge in [0, 0.05) is 12.2 Å². The molecule has 0 unspecified atom stereocenters. The summed E-state index contributed by atoms with van der Waals surface area (Å²) in [6, 6.07) is 13.6. The molecule has 2 rings (SSSR count). The Morgan fingerprint density at radius 2 is 1.72 bits per heavy atom. The maximum Gasteiger partial charge on any atom is 0.341 e. The molecule has 156 valence electrons. The molecule has 0 saturated heterocycles. The van der Waals surface area contributed by atoms with Gasteiger partial charge in [0.2, 0.25) is 0 Å². The molecule has 0 aliphatic rings. The number of allylic oxidation sites excluding steroid dienone is 1. The smallest absolute Gasteiger partial charge is 0.341 e. The highest BCUT2D eigenvalue weighted by Crippen LogP contribution is 2.29. The number of aliphatic carboxylic acids is 1. The number of hydrogen-bond donors (Lipinski definition) is 1. The van der Waals surface area contributed by atoms with E-state index in [0.29, 0.717) is 19.0 Å². The van der Waals surface area contributed by atoms with Crippen molar-refractivity contribution < 1.29 is 24.1 Å². The average Bonchev–Trinajstić information content (AvgIpc) is 2.74. The molecular formula is C24H30O5. The molecule has 0 atom stereocenters. The molecule has 0 heterocycles. The quantitative estimate of drug-likeness (QED) is 0.455. The van der Waals surface area contributed by atoms with E-state index < -0.39 is 5.97 Å². The van der Waals surface area contributed by atoms with Gasteiger partial charge in [0.05, 0.1) is 6.61 Å². The van der Waals surface area contributed by atoms with Crippen LogP contribution in [-0.4, -0.2) is 37.5 Å². The predicted octanol–water partition coefficient (Wildman–Crippen LogP) is 5.44. The number of rotatable bonds is 13. The Hall–Kier alpha value is -2.79. The Morgan fingerprint density at radius 1 is 0.966 bits per heavy atom. The summed E-state index contributed by atoms with van der Waals surface area (Å²) in [4.78, 5) is 10.8. The van der Waals surface area contributed by atoms with Crippen LogP contribution in [0.25, 0.3) is 17.2 Å². The summed E-state index contributed by atoms with van der Waals surface area (Å²) in [5.41, 5.74) is 2.93. The van der Waals surface area contributed by atoms with Crippen LogP contribution in [0, 0.1) is 0 Å². The van der Waals surface area contributed by atoms with Gasteiger partial charge in [-0.25, -0.2) is 4.79 Å². The normalized spacial score (nSPS) is 11.0. The minimum Gasteiger partial charge on any atom is -0.491 e. The number of ether oxygens (including phenoxy) is 3. The van der Waals surface area contributed by atoms with E-state index in [0.717, 1.165) is 48.3 Å². The lowest BCUT2D eigenvalue weighted by atomic mass is 10.0. The first kappa shape index (κ1) is 22.5. The summed E-state index contributed by atoms with van der Waals surface area (Å²) >= 11 is 0. The largest absolute Gasteiger partial charge is 0.491 e. The van der Waals surface area contributed by atoms with Gasteiger partial charge >= 0.3 is 5.97 Å². The van der Waals surface area contributed by atoms with Crippen molar-refractivity contribution in [2.45, 2.75) is 33.1 Å². The van der Waals surface area contributed by atoms with Crippen LogP contribution in [0.5, 0.6) is 11.5 Å². The van der Waals surface area contributed by atoms with Crippen LogP contribution in [0.1, 0.15) is 38.7 Å². The number of benzene rings is 2. The van der Waals surface area contributed by atoms with Gasteiger partial charge in [-0.1, -0.05) is 50.6 Å². The Morgan fingerprint density at radius 3 is 2.41 bits per heavy atom. The highest BCUT2D eigenvalue weighted by molar-refractivity contribution is 5.72.